The molecule has 0 bridgehead atoms. The molecule has 0 aromatic rings. The van der Waals surface area contributed by atoms with E-state index in [2.05, 4.69) is 19.9 Å². The monoisotopic (exact) mass is 392 g/mol. The minimum Gasteiger partial charge on any atom is -0.458 e. The summed E-state index contributed by atoms with van der Waals surface area (Å²) < 4.78 is 6.26. The van der Waals surface area contributed by atoms with E-state index >= 15 is 0 Å². The van der Waals surface area contributed by atoms with Crippen LogP contribution in [-0.2, 0) is 14.3 Å². The van der Waals surface area contributed by atoms with Gasteiger partial charge in [-0.1, -0.05) is 19.4 Å². The van der Waals surface area contributed by atoms with Crippen molar-refractivity contribution in [2.75, 3.05) is 0 Å². The van der Waals surface area contributed by atoms with Crippen molar-refractivity contribution in [1.29, 1.82) is 0 Å². The molecule has 0 aromatic carbocycles. The number of fused-ring (bicyclic) bond motifs is 12. The minimum atomic E-state index is -0.136. The van der Waals surface area contributed by atoms with Gasteiger partial charge in [0.2, 0.25) is 0 Å². The summed E-state index contributed by atoms with van der Waals surface area (Å²) in [5.74, 6) is 5.18. The van der Waals surface area contributed by atoms with E-state index < -0.39 is 0 Å². The zero-order valence-corrected chi connectivity index (χ0v) is 17.7. The molecule has 3 heteroatoms. The Morgan fingerprint density at radius 2 is 1.79 bits per heavy atom. The number of ether oxygens (including phenoxy) is 1. The Bertz CT molecular complexity index is 928. The van der Waals surface area contributed by atoms with Crippen molar-refractivity contribution in [3.8, 4) is 0 Å². The zero-order valence-electron chi connectivity index (χ0n) is 17.7. The number of carbonyl (C=O) groups is 2. The fourth-order valence-corrected chi connectivity index (χ4v) is 10.8. The average Bonchev–Trinajstić information content (AvgIpc) is 3.57. The van der Waals surface area contributed by atoms with Gasteiger partial charge in [-0.15, -0.1) is 0 Å². The Hall–Kier alpha value is -1.12. The first-order valence-corrected chi connectivity index (χ1v) is 12.3. The van der Waals surface area contributed by atoms with Gasteiger partial charge in [-0.2, -0.15) is 0 Å². The Morgan fingerprint density at radius 3 is 2.52 bits per heavy atom. The number of esters is 1. The Morgan fingerprint density at radius 1 is 0.966 bits per heavy atom. The van der Waals surface area contributed by atoms with Crippen molar-refractivity contribution in [2.24, 2.45) is 57.7 Å². The SMILES string of the molecule is C[C@@]12C(=CC(=O)[C@@H]3C[C@@H]31)C1(CC1)C[C@H]1[C@@H]3[C@@H]4C[C@@H]4[C@@]4(CCC(=O)O4)[C@@]3(C)CC[C@@H]12. The molecule has 0 aromatic heterocycles. The van der Waals surface area contributed by atoms with Crippen LogP contribution in [0.3, 0.4) is 0 Å². The van der Waals surface area contributed by atoms with Crippen LogP contribution in [-0.4, -0.2) is 17.4 Å². The third-order valence-corrected chi connectivity index (χ3v) is 12.2. The van der Waals surface area contributed by atoms with Gasteiger partial charge in [-0.3, -0.25) is 9.59 Å². The molecule has 8 aliphatic rings. The summed E-state index contributed by atoms with van der Waals surface area (Å²) in [6, 6.07) is 0. The molecule has 154 valence electrons. The highest BCUT2D eigenvalue weighted by Crippen LogP contribution is 2.83. The van der Waals surface area contributed by atoms with Crippen LogP contribution in [0.25, 0.3) is 0 Å². The van der Waals surface area contributed by atoms with E-state index in [1.165, 1.54) is 38.5 Å². The van der Waals surface area contributed by atoms with Crippen molar-refractivity contribution in [2.45, 2.75) is 77.2 Å². The quantitative estimate of drug-likeness (QED) is 0.562. The smallest absolute Gasteiger partial charge is 0.306 e. The molecular formula is C26H32O3. The van der Waals surface area contributed by atoms with Crippen LogP contribution in [0.15, 0.2) is 11.6 Å². The predicted molar refractivity (Wildman–Crippen MR) is 107 cm³/mol. The third-order valence-electron chi connectivity index (χ3n) is 12.2. The minimum absolute atomic E-state index is 0.0609. The standard InChI is InChI=1S/C26H32O3/c1-23-5-3-16-15(22(23)14-10-18(14)26(23)6-4-21(28)29-26)12-25(7-8-25)20-11-19(27)13-9-17(13)24(16,20)2/h11,13-18,22H,3-10,12H2,1-2H3/t13-,14-,15-,16+,17+,18+,22+,23+,24+,26+/m1/s1. The first kappa shape index (κ1) is 16.6. The van der Waals surface area contributed by atoms with Crippen LogP contribution < -0.4 is 0 Å². The lowest BCUT2D eigenvalue weighted by Gasteiger charge is -2.62. The van der Waals surface area contributed by atoms with E-state index in [0.29, 0.717) is 35.4 Å². The Kier molecular flexibility index (Phi) is 2.52. The molecule has 0 radical (unpaired) electrons. The van der Waals surface area contributed by atoms with Crippen LogP contribution in [0.5, 0.6) is 0 Å². The zero-order chi connectivity index (χ0) is 19.6. The highest BCUT2D eigenvalue weighted by atomic mass is 16.6. The largest absolute Gasteiger partial charge is 0.458 e. The van der Waals surface area contributed by atoms with Gasteiger partial charge < -0.3 is 4.74 Å². The van der Waals surface area contributed by atoms with Crippen LogP contribution >= 0.6 is 0 Å². The van der Waals surface area contributed by atoms with Crippen LogP contribution in [0.1, 0.15) is 71.6 Å². The first-order chi connectivity index (χ1) is 13.8. The van der Waals surface area contributed by atoms with Gasteiger partial charge in [-0.25, -0.2) is 0 Å². The summed E-state index contributed by atoms with van der Waals surface area (Å²) in [5, 5.41) is 0. The summed E-state index contributed by atoms with van der Waals surface area (Å²) in [5.41, 5.74) is 2.26. The molecule has 7 fully saturated rings. The Balaban J connectivity index is 1.26. The predicted octanol–water partition coefficient (Wildman–Crippen LogP) is 4.70. The van der Waals surface area contributed by atoms with Gasteiger partial charge in [0, 0.05) is 23.7 Å². The van der Waals surface area contributed by atoms with E-state index in [9.17, 15) is 9.59 Å². The lowest BCUT2D eigenvalue weighted by molar-refractivity contribution is -0.178. The highest BCUT2D eigenvalue weighted by molar-refractivity contribution is 5.96. The van der Waals surface area contributed by atoms with Crippen LogP contribution in [0.4, 0.5) is 0 Å². The first-order valence-electron chi connectivity index (χ1n) is 12.3. The molecule has 1 aliphatic heterocycles. The van der Waals surface area contributed by atoms with Gasteiger partial charge in [-0.05, 0) is 97.9 Å². The van der Waals surface area contributed by atoms with Gasteiger partial charge in [0.25, 0.3) is 0 Å². The number of hydrogen-bond donors (Lipinski definition) is 0. The lowest BCUT2D eigenvalue weighted by Crippen LogP contribution is -2.58. The second-order valence-corrected chi connectivity index (χ2v) is 12.8. The highest BCUT2D eigenvalue weighted by Gasteiger charge is 2.81. The van der Waals surface area contributed by atoms with Crippen molar-refractivity contribution in [3.05, 3.63) is 11.6 Å². The Labute approximate surface area is 173 Å². The van der Waals surface area contributed by atoms with Crippen molar-refractivity contribution < 1.29 is 14.3 Å². The fraction of sp³-hybridized carbons (Fsp3) is 0.846. The van der Waals surface area contributed by atoms with E-state index in [4.69, 9.17) is 4.74 Å². The summed E-state index contributed by atoms with van der Waals surface area (Å²) in [6.45, 7) is 5.08. The second kappa shape index (κ2) is 4.41. The van der Waals surface area contributed by atoms with Crippen molar-refractivity contribution >= 4 is 11.8 Å². The number of carbonyl (C=O) groups excluding carboxylic acids is 2. The van der Waals surface area contributed by atoms with E-state index in [0.717, 1.165) is 36.5 Å². The third kappa shape index (κ3) is 1.57. The molecule has 29 heavy (non-hydrogen) atoms. The van der Waals surface area contributed by atoms with E-state index in [1.54, 1.807) is 5.57 Å². The van der Waals surface area contributed by atoms with Crippen molar-refractivity contribution in [3.63, 3.8) is 0 Å². The maximum Gasteiger partial charge on any atom is 0.306 e. The maximum absolute atomic E-state index is 12.7. The molecule has 0 N–H and O–H groups in total. The van der Waals surface area contributed by atoms with Gasteiger partial charge >= 0.3 is 5.97 Å². The molecule has 1 saturated heterocycles. The summed E-state index contributed by atoms with van der Waals surface area (Å²) in [7, 11) is 0. The second-order valence-electron chi connectivity index (χ2n) is 12.8. The molecule has 3 nitrogen and oxygen atoms in total. The summed E-state index contributed by atoms with van der Waals surface area (Å²) in [6.07, 6.45) is 12.6. The molecule has 0 unspecified atom stereocenters. The van der Waals surface area contributed by atoms with Crippen molar-refractivity contribution in [1.82, 2.24) is 0 Å². The molecule has 7 aliphatic carbocycles. The van der Waals surface area contributed by atoms with Gasteiger partial charge in [0.1, 0.15) is 5.60 Å². The average molecular weight is 393 g/mol. The van der Waals surface area contributed by atoms with Crippen LogP contribution in [0.2, 0.25) is 0 Å². The molecular weight excluding hydrogens is 360 g/mol. The summed E-state index contributed by atoms with van der Waals surface area (Å²) >= 11 is 0. The lowest BCUT2D eigenvalue weighted by atomic mass is 9.42. The summed E-state index contributed by atoms with van der Waals surface area (Å²) in [4.78, 5) is 24.9. The van der Waals surface area contributed by atoms with Crippen LogP contribution in [0, 0.1) is 57.7 Å². The molecule has 10 atom stereocenters. The molecule has 2 spiro atoms. The number of ketones is 1. The van der Waals surface area contributed by atoms with Gasteiger partial charge in [0.15, 0.2) is 5.78 Å². The topological polar surface area (TPSA) is 43.4 Å². The molecule has 1 heterocycles. The molecule has 6 saturated carbocycles. The number of rotatable bonds is 0. The number of hydrogen-bond acceptors (Lipinski definition) is 3. The van der Waals surface area contributed by atoms with E-state index in [-0.39, 0.29) is 22.4 Å². The molecule has 8 rings (SSSR count). The maximum atomic E-state index is 12.7. The normalized spacial score (nSPS) is 61.9. The number of allylic oxidation sites excluding steroid dienone is 1. The molecule has 0 amide bonds. The van der Waals surface area contributed by atoms with Gasteiger partial charge in [0.05, 0.1) is 0 Å². The fourth-order valence-electron chi connectivity index (χ4n) is 10.8. The van der Waals surface area contributed by atoms with E-state index in [1.807, 2.05) is 0 Å².